The minimum Gasteiger partial charge on any atom is -0.314 e. The molecule has 0 unspecified atom stereocenters. The molecule has 2 aliphatic rings. The Morgan fingerprint density at radius 3 is 3.00 bits per heavy atom. The molecule has 0 radical (unpaired) electrons. The highest BCUT2D eigenvalue weighted by Crippen LogP contribution is 2.39. The summed E-state index contributed by atoms with van der Waals surface area (Å²) in [5.74, 6) is 0. The van der Waals surface area contributed by atoms with Crippen LogP contribution in [0.2, 0.25) is 0 Å². The average molecular weight is 336 g/mol. The molecule has 8 nitrogen and oxygen atoms in total. The molecule has 0 saturated carbocycles. The molecule has 0 aromatic carbocycles. The van der Waals surface area contributed by atoms with Crippen LogP contribution in [0.15, 0.2) is 30.8 Å². The number of aromatic amines is 1. The van der Waals surface area contributed by atoms with Gasteiger partial charge in [-0.25, -0.2) is 14.8 Å². The van der Waals surface area contributed by atoms with Crippen molar-refractivity contribution in [3.8, 4) is 0 Å². The number of amides is 2. The van der Waals surface area contributed by atoms with E-state index in [9.17, 15) is 4.79 Å². The van der Waals surface area contributed by atoms with Crippen LogP contribution in [0.5, 0.6) is 0 Å². The van der Waals surface area contributed by atoms with Crippen molar-refractivity contribution in [2.24, 2.45) is 0 Å². The predicted molar refractivity (Wildman–Crippen MR) is 86.4 cm³/mol. The fraction of sp³-hybridized carbons (Fsp3) is 0.429. The third-order valence-electron chi connectivity index (χ3n) is 3.11. The van der Waals surface area contributed by atoms with E-state index in [-0.39, 0.29) is 12.1 Å². The van der Waals surface area contributed by atoms with Gasteiger partial charge in [-0.3, -0.25) is 9.94 Å². The monoisotopic (exact) mass is 336 g/mol. The lowest BCUT2D eigenvalue weighted by Gasteiger charge is -2.21. The first-order valence-corrected chi connectivity index (χ1v) is 8.22. The van der Waals surface area contributed by atoms with Gasteiger partial charge in [0.1, 0.15) is 18.7 Å². The van der Waals surface area contributed by atoms with Crippen molar-refractivity contribution in [2.75, 3.05) is 13.2 Å². The number of rotatable bonds is 3. The van der Waals surface area contributed by atoms with E-state index in [4.69, 9.17) is 4.84 Å². The highest BCUT2D eigenvalue weighted by atomic mass is 32.1. The van der Waals surface area contributed by atoms with Gasteiger partial charge in [0.05, 0.1) is 35.8 Å². The zero-order valence-electron chi connectivity index (χ0n) is 13.2. The van der Waals surface area contributed by atoms with Gasteiger partial charge in [0.25, 0.3) is 0 Å². The maximum atomic E-state index is 11.9. The second kappa shape index (κ2) is 8.39. The largest absolute Gasteiger partial charge is 0.345 e. The van der Waals surface area contributed by atoms with Crippen LogP contribution in [-0.4, -0.2) is 49.3 Å². The summed E-state index contributed by atoms with van der Waals surface area (Å²) in [7, 11) is 0. The number of fused-ring (bicyclic) bond motifs is 4. The van der Waals surface area contributed by atoms with E-state index >= 15 is 0 Å². The molecule has 1 N–H and O–H groups in total. The Bertz CT molecular complexity index is 597. The molecule has 124 valence electrons. The summed E-state index contributed by atoms with van der Waals surface area (Å²) >= 11 is 1.59. The van der Waals surface area contributed by atoms with Crippen LogP contribution < -0.4 is 0 Å². The predicted octanol–water partition coefficient (Wildman–Crippen LogP) is 2.38. The molecule has 1 fully saturated rings. The van der Waals surface area contributed by atoms with E-state index in [1.807, 2.05) is 19.4 Å². The molecular formula is C14H20N6O2S. The number of hydroxylamine groups is 2. The van der Waals surface area contributed by atoms with Gasteiger partial charge in [-0.1, -0.05) is 19.9 Å². The van der Waals surface area contributed by atoms with Gasteiger partial charge in [0.2, 0.25) is 0 Å². The van der Waals surface area contributed by atoms with E-state index < -0.39 is 0 Å². The highest BCUT2D eigenvalue weighted by Gasteiger charge is 2.45. The maximum Gasteiger partial charge on any atom is 0.345 e. The average Bonchev–Trinajstić information content (AvgIpc) is 3.33. The fourth-order valence-corrected chi connectivity index (χ4v) is 3.12. The molecule has 0 spiro atoms. The van der Waals surface area contributed by atoms with Crippen molar-refractivity contribution in [3.05, 3.63) is 41.4 Å². The number of carbonyl (C=O) groups excluding carboxylic acids is 1. The Morgan fingerprint density at radius 1 is 1.57 bits per heavy atom. The molecule has 2 aromatic rings. The first kappa shape index (κ1) is 17.1. The standard InChI is InChI=1S/C10H11N3O2S.C2H3N3.C2H6/c1-2-3-15-13-8-5-12(10(13)14)4-7-9(8)16-6-11-7;1-3-2-5-4-1;1-2/h2,6,8H,1,3-5H2;1-2H,(H,3,4,5);1-2H3/t8-;;/m0../s1. The number of urea groups is 1. The van der Waals surface area contributed by atoms with E-state index in [1.54, 1.807) is 22.3 Å². The minimum atomic E-state index is -0.0722. The zero-order chi connectivity index (χ0) is 16.7. The minimum absolute atomic E-state index is 0.00343. The summed E-state index contributed by atoms with van der Waals surface area (Å²) in [6, 6.07) is -0.0687. The summed E-state index contributed by atoms with van der Waals surface area (Å²) in [6.45, 7) is 9.23. The molecule has 1 saturated heterocycles. The quantitative estimate of drug-likeness (QED) is 0.870. The molecular weight excluding hydrogens is 316 g/mol. The van der Waals surface area contributed by atoms with E-state index in [0.717, 1.165) is 10.6 Å². The normalized spacial score (nSPS) is 17.7. The van der Waals surface area contributed by atoms with Gasteiger partial charge < -0.3 is 4.90 Å². The van der Waals surface area contributed by atoms with Crippen LogP contribution in [0.4, 0.5) is 4.79 Å². The lowest BCUT2D eigenvalue weighted by Crippen LogP contribution is -2.30. The molecule has 9 heteroatoms. The van der Waals surface area contributed by atoms with Crippen LogP contribution >= 0.6 is 11.3 Å². The van der Waals surface area contributed by atoms with Crippen LogP contribution in [0.3, 0.4) is 0 Å². The van der Waals surface area contributed by atoms with Gasteiger partial charge in [-0.15, -0.1) is 17.9 Å². The maximum absolute atomic E-state index is 11.9. The summed E-state index contributed by atoms with van der Waals surface area (Å²) in [5.41, 5.74) is 2.82. The second-order valence-electron chi connectivity index (χ2n) is 4.40. The number of nitrogens with zero attached hydrogens (tertiary/aromatic N) is 5. The first-order valence-electron chi connectivity index (χ1n) is 7.34. The van der Waals surface area contributed by atoms with E-state index in [0.29, 0.717) is 19.7 Å². The number of aromatic nitrogens is 4. The lowest BCUT2D eigenvalue weighted by atomic mass is 10.1. The number of hydrogen-bond acceptors (Lipinski definition) is 6. The molecule has 2 bridgehead atoms. The van der Waals surface area contributed by atoms with Crippen LogP contribution in [0, 0.1) is 0 Å². The number of hydrogen-bond donors (Lipinski definition) is 1. The second-order valence-corrected chi connectivity index (χ2v) is 5.29. The van der Waals surface area contributed by atoms with Crippen molar-refractivity contribution in [3.63, 3.8) is 0 Å². The van der Waals surface area contributed by atoms with Crippen LogP contribution in [0.1, 0.15) is 30.5 Å². The Balaban J connectivity index is 0.000000232. The summed E-state index contributed by atoms with van der Waals surface area (Å²) in [5, 5.41) is 7.44. The fourth-order valence-electron chi connectivity index (χ4n) is 2.25. The first-order chi connectivity index (χ1) is 11.3. The van der Waals surface area contributed by atoms with Crippen molar-refractivity contribution in [1.29, 1.82) is 0 Å². The Kier molecular flexibility index (Phi) is 6.24. The molecule has 4 rings (SSSR count). The number of H-pyrrole nitrogens is 1. The zero-order valence-corrected chi connectivity index (χ0v) is 14.0. The molecule has 4 heterocycles. The van der Waals surface area contributed by atoms with Crippen LogP contribution in [0.25, 0.3) is 0 Å². The highest BCUT2D eigenvalue weighted by molar-refractivity contribution is 7.09. The van der Waals surface area contributed by atoms with Gasteiger partial charge in [0.15, 0.2) is 0 Å². The molecule has 1 atom stereocenters. The summed E-state index contributed by atoms with van der Waals surface area (Å²) in [4.78, 5) is 28.1. The number of thiazole rings is 1. The van der Waals surface area contributed by atoms with Crippen molar-refractivity contribution in [2.45, 2.75) is 26.4 Å². The lowest BCUT2D eigenvalue weighted by molar-refractivity contribution is -0.118. The molecule has 23 heavy (non-hydrogen) atoms. The van der Waals surface area contributed by atoms with Gasteiger partial charge in [-0.05, 0) is 0 Å². The van der Waals surface area contributed by atoms with Crippen molar-refractivity contribution < 1.29 is 9.63 Å². The SMILES string of the molecule is C=CCON1C(=O)N2Cc3ncsc3[C@@H]1C2.CC.c1nc[nH]n1. The van der Waals surface area contributed by atoms with Crippen LogP contribution in [-0.2, 0) is 11.4 Å². The summed E-state index contributed by atoms with van der Waals surface area (Å²) in [6.07, 6.45) is 4.60. The van der Waals surface area contributed by atoms with Gasteiger partial charge >= 0.3 is 6.03 Å². The smallest absolute Gasteiger partial charge is 0.314 e. The van der Waals surface area contributed by atoms with Crippen molar-refractivity contribution in [1.82, 2.24) is 30.1 Å². The molecule has 2 amide bonds. The number of carbonyl (C=O) groups is 1. The number of nitrogens with one attached hydrogen (secondary N) is 1. The molecule has 0 aliphatic carbocycles. The van der Waals surface area contributed by atoms with E-state index in [1.165, 1.54) is 17.7 Å². The summed E-state index contributed by atoms with van der Waals surface area (Å²) < 4.78 is 0. The van der Waals surface area contributed by atoms with Gasteiger partial charge in [-0.2, -0.15) is 10.2 Å². The van der Waals surface area contributed by atoms with E-state index in [2.05, 4.69) is 26.7 Å². The third-order valence-corrected chi connectivity index (χ3v) is 4.09. The Hall–Kier alpha value is -2.26. The molecule has 2 aliphatic heterocycles. The van der Waals surface area contributed by atoms with Gasteiger partial charge in [0, 0.05) is 0 Å². The van der Waals surface area contributed by atoms with Crippen molar-refractivity contribution >= 4 is 17.4 Å². The Morgan fingerprint density at radius 2 is 2.39 bits per heavy atom. The molecule has 2 aromatic heterocycles. The topological polar surface area (TPSA) is 87.2 Å². The Labute approximate surface area is 138 Å². The third kappa shape index (κ3) is 3.74.